The lowest BCUT2D eigenvalue weighted by molar-refractivity contribution is -0.158. The lowest BCUT2D eigenvalue weighted by atomic mass is 9.98. The minimum absolute atomic E-state index is 0.0289. The molecular weight excluding hydrogens is 851 g/mol. The number of aromatic nitrogens is 4. The number of benzene rings is 2. The van der Waals surface area contributed by atoms with Gasteiger partial charge in [-0.1, -0.05) is 165 Å². The van der Waals surface area contributed by atoms with Crippen LogP contribution in [-0.4, -0.2) is 62.4 Å². The van der Waals surface area contributed by atoms with Gasteiger partial charge < -0.3 is 24.5 Å². The summed E-state index contributed by atoms with van der Waals surface area (Å²) in [6.45, 7) is 5.82. The Balaban J connectivity index is 1.33. The quantitative estimate of drug-likeness (QED) is 0.0166. The van der Waals surface area contributed by atoms with Gasteiger partial charge in [0.15, 0.2) is 22.6 Å². The van der Waals surface area contributed by atoms with Crippen LogP contribution in [0.25, 0.3) is 11.2 Å². The maximum Gasteiger partial charge on any atom is 0.459 e. The molecule has 16 heteroatoms. The van der Waals surface area contributed by atoms with Gasteiger partial charge in [0, 0.05) is 12.8 Å². The van der Waals surface area contributed by atoms with Crippen LogP contribution in [0, 0.1) is 24.3 Å². The summed E-state index contributed by atoms with van der Waals surface area (Å²) in [7, 11) is -4.57. The van der Waals surface area contributed by atoms with Gasteiger partial charge in [0.25, 0.3) is 0 Å². The Morgan fingerprint density at radius 2 is 1.55 bits per heavy atom. The number of imidazole rings is 1. The number of carbonyl (C=O) groups is 2. The predicted octanol–water partition coefficient (Wildman–Crippen LogP) is 10.6. The molecule has 4 unspecified atom stereocenters. The molecule has 0 aliphatic carbocycles. The van der Waals surface area contributed by atoms with Crippen LogP contribution in [0.5, 0.6) is 5.75 Å². The molecule has 0 saturated carbocycles. The Hall–Kier alpha value is -4.87. The highest BCUT2D eigenvalue weighted by Gasteiger charge is 2.53. The zero-order valence-electron chi connectivity index (χ0n) is 38.3. The Morgan fingerprint density at radius 3 is 2.17 bits per heavy atom. The number of para-hydroxylation sites is 1. The standard InChI is InChI=1S/C49H68FN6O8P/c1-5-9-10-11-12-13-14-15-16-17-18-19-26-31-43(57)62-41-33-42(56-36-52-44-45(51)53-48(50)54-46(44)56)63-49(41,8-4)35-61-65(59,64-39-29-24-21-25-30-39)55-40(32-38-27-22-20-23-28-38)47(58)60-34-37(6-2)7-3/h4,20-25,27-30,36-37,40-42H,5-7,9-19,26,31-35H2,1-3H3,(H,55,59)(H2,51,53,54)/t40?,41?,42?,49?,65-/m0/s1. The van der Waals surface area contributed by atoms with Gasteiger partial charge in [-0.3, -0.25) is 18.7 Å². The molecule has 1 aliphatic heterocycles. The van der Waals surface area contributed by atoms with Crippen LogP contribution in [0.2, 0.25) is 0 Å². The van der Waals surface area contributed by atoms with Crippen LogP contribution in [-0.2, 0) is 39.3 Å². The molecule has 5 rings (SSSR count). The van der Waals surface area contributed by atoms with Crippen LogP contribution >= 0.6 is 7.75 Å². The average molecular weight is 919 g/mol. The molecule has 0 amide bonds. The second kappa shape index (κ2) is 26.3. The molecule has 2 aromatic heterocycles. The molecule has 1 aliphatic rings. The molecular formula is C49H68FN6O8P. The van der Waals surface area contributed by atoms with E-state index in [9.17, 15) is 14.0 Å². The fraction of sp³-hybridized carbons (Fsp3) is 0.571. The summed E-state index contributed by atoms with van der Waals surface area (Å²) in [6, 6.07) is 16.3. The van der Waals surface area contributed by atoms with Crippen LogP contribution in [0.4, 0.5) is 10.2 Å². The van der Waals surface area contributed by atoms with Crippen molar-refractivity contribution in [3.05, 3.63) is 78.6 Å². The minimum Gasteiger partial charge on any atom is -0.464 e. The summed E-state index contributed by atoms with van der Waals surface area (Å²) in [4.78, 5) is 39.1. The van der Waals surface area contributed by atoms with E-state index in [1.807, 2.05) is 44.2 Å². The van der Waals surface area contributed by atoms with E-state index in [1.54, 1.807) is 30.3 Å². The number of carbonyl (C=O) groups excluding carboxylic acids is 2. The molecule has 0 spiro atoms. The van der Waals surface area contributed by atoms with Crippen molar-refractivity contribution in [1.29, 1.82) is 0 Å². The first-order chi connectivity index (χ1) is 31.5. The third-order valence-electron chi connectivity index (χ3n) is 11.9. The van der Waals surface area contributed by atoms with E-state index in [0.29, 0.717) is 6.42 Å². The van der Waals surface area contributed by atoms with Gasteiger partial charge in [-0.2, -0.15) is 19.4 Å². The van der Waals surface area contributed by atoms with Gasteiger partial charge in [-0.05, 0) is 36.5 Å². The third-order valence-corrected chi connectivity index (χ3v) is 13.5. The van der Waals surface area contributed by atoms with E-state index < -0.39 is 56.3 Å². The van der Waals surface area contributed by atoms with E-state index >= 15 is 4.57 Å². The molecule has 0 bridgehead atoms. The maximum absolute atomic E-state index is 15.1. The second-order valence-electron chi connectivity index (χ2n) is 16.9. The normalized spacial score (nSPS) is 18.6. The summed E-state index contributed by atoms with van der Waals surface area (Å²) in [5.74, 6) is 1.62. The predicted molar refractivity (Wildman–Crippen MR) is 249 cm³/mol. The molecule has 5 atom stereocenters. The number of ether oxygens (including phenoxy) is 3. The van der Waals surface area contributed by atoms with Crippen LogP contribution in [0.1, 0.15) is 142 Å². The largest absolute Gasteiger partial charge is 0.464 e. The number of rotatable bonds is 30. The molecule has 3 heterocycles. The van der Waals surface area contributed by atoms with Crippen LogP contribution in [0.3, 0.4) is 0 Å². The monoisotopic (exact) mass is 918 g/mol. The Bertz CT molecular complexity index is 2150. The minimum atomic E-state index is -4.57. The average Bonchev–Trinajstić information content (AvgIpc) is 3.89. The second-order valence-corrected chi connectivity index (χ2v) is 18.6. The molecule has 1 fully saturated rings. The van der Waals surface area contributed by atoms with E-state index in [-0.39, 0.29) is 54.5 Å². The zero-order valence-corrected chi connectivity index (χ0v) is 39.2. The number of terminal acetylenes is 1. The molecule has 3 N–H and O–H groups in total. The Labute approximate surface area is 383 Å². The van der Waals surface area contributed by atoms with Crippen LogP contribution < -0.4 is 15.3 Å². The molecule has 354 valence electrons. The summed E-state index contributed by atoms with van der Waals surface area (Å²) >= 11 is 0. The molecule has 1 saturated heterocycles. The number of nitrogen functional groups attached to an aromatic ring is 1. The maximum atomic E-state index is 15.1. The van der Waals surface area contributed by atoms with Crippen molar-refractivity contribution < 1.29 is 41.8 Å². The van der Waals surface area contributed by atoms with Crippen molar-refractivity contribution in [1.82, 2.24) is 24.6 Å². The fourth-order valence-corrected chi connectivity index (χ4v) is 9.43. The van der Waals surface area contributed by atoms with Crippen molar-refractivity contribution in [2.24, 2.45) is 5.92 Å². The molecule has 65 heavy (non-hydrogen) atoms. The molecule has 2 aromatic carbocycles. The van der Waals surface area contributed by atoms with Gasteiger partial charge in [-0.15, -0.1) is 6.42 Å². The van der Waals surface area contributed by atoms with Crippen LogP contribution in [0.15, 0.2) is 67.0 Å². The number of fused-ring (bicyclic) bond motifs is 1. The number of unbranched alkanes of at least 4 members (excludes halogenated alkanes) is 12. The number of anilines is 1. The number of hydrogen-bond donors (Lipinski definition) is 2. The highest BCUT2D eigenvalue weighted by atomic mass is 31.2. The summed E-state index contributed by atoms with van der Waals surface area (Å²) < 4.78 is 61.7. The number of nitrogens with one attached hydrogen (secondary N) is 1. The van der Waals surface area contributed by atoms with E-state index in [1.165, 1.54) is 68.7 Å². The van der Waals surface area contributed by atoms with Crippen molar-refractivity contribution in [2.75, 3.05) is 18.9 Å². The number of hydrogen-bond acceptors (Lipinski definition) is 12. The summed E-state index contributed by atoms with van der Waals surface area (Å²) in [6.07, 6.45) is 21.3. The fourth-order valence-electron chi connectivity index (χ4n) is 7.91. The van der Waals surface area contributed by atoms with E-state index in [2.05, 4.69) is 32.9 Å². The third kappa shape index (κ3) is 15.6. The van der Waals surface area contributed by atoms with Crippen molar-refractivity contribution in [3.8, 4) is 18.1 Å². The van der Waals surface area contributed by atoms with Crippen molar-refractivity contribution >= 4 is 36.7 Å². The van der Waals surface area contributed by atoms with Crippen molar-refractivity contribution in [2.45, 2.75) is 160 Å². The summed E-state index contributed by atoms with van der Waals surface area (Å²) in [5, 5.41) is 2.87. The number of nitrogens with zero attached hydrogens (tertiary/aromatic N) is 4. The number of nitrogens with two attached hydrogens (primary N) is 1. The van der Waals surface area contributed by atoms with Gasteiger partial charge in [0.2, 0.25) is 0 Å². The van der Waals surface area contributed by atoms with Gasteiger partial charge in [0.05, 0.1) is 12.9 Å². The first kappa shape index (κ1) is 51.1. The zero-order chi connectivity index (χ0) is 46.5. The Kier molecular flexibility index (Phi) is 20.7. The first-order valence-electron chi connectivity index (χ1n) is 23.5. The molecule has 0 radical (unpaired) electrons. The summed E-state index contributed by atoms with van der Waals surface area (Å²) in [5.41, 5.74) is 5.02. The van der Waals surface area contributed by atoms with E-state index in [0.717, 1.165) is 37.7 Å². The SMILES string of the molecule is C#CC1(CO[P@@](=O)(NC(Cc2ccccc2)C(=O)OCC(CC)CC)Oc2ccccc2)OC(n2cnc3c(N)nc(F)nc32)CC1OC(=O)CCCCCCCCCCCCCCC. The highest BCUT2D eigenvalue weighted by Crippen LogP contribution is 2.49. The molecule has 4 aromatic rings. The first-order valence-corrected chi connectivity index (χ1v) is 25.0. The Morgan fingerprint density at radius 1 is 0.938 bits per heavy atom. The lowest BCUT2D eigenvalue weighted by Gasteiger charge is -2.31. The number of esters is 2. The lowest BCUT2D eigenvalue weighted by Crippen LogP contribution is -2.46. The van der Waals surface area contributed by atoms with Gasteiger partial charge >= 0.3 is 25.8 Å². The smallest absolute Gasteiger partial charge is 0.459 e. The topological polar surface area (TPSA) is 179 Å². The highest BCUT2D eigenvalue weighted by molar-refractivity contribution is 7.52. The molecule has 14 nitrogen and oxygen atoms in total. The van der Waals surface area contributed by atoms with E-state index in [4.69, 9.17) is 35.4 Å². The van der Waals surface area contributed by atoms with Gasteiger partial charge in [-0.25, -0.2) is 9.55 Å². The van der Waals surface area contributed by atoms with Crippen molar-refractivity contribution in [3.63, 3.8) is 0 Å². The number of halogens is 1. The van der Waals surface area contributed by atoms with Gasteiger partial charge in [0.1, 0.15) is 30.7 Å².